The van der Waals surface area contributed by atoms with Gasteiger partial charge in [-0.15, -0.1) is 0 Å². The van der Waals surface area contributed by atoms with Gasteiger partial charge in [-0.2, -0.15) is 5.26 Å². The number of rotatable bonds is 7. The number of carbonyl (C=O) groups excluding carboxylic acids is 2. The maximum absolute atomic E-state index is 12.7. The van der Waals surface area contributed by atoms with Crippen molar-refractivity contribution in [2.75, 3.05) is 0 Å². The van der Waals surface area contributed by atoms with Crippen LogP contribution in [-0.2, 0) is 4.74 Å². The minimum absolute atomic E-state index is 0.0306. The molecule has 7 heteroatoms. The van der Waals surface area contributed by atoms with E-state index in [1.54, 1.807) is 30.3 Å². The highest BCUT2D eigenvalue weighted by molar-refractivity contribution is 6.01. The fourth-order valence-electron chi connectivity index (χ4n) is 2.49. The minimum atomic E-state index is -1.32. The van der Waals surface area contributed by atoms with Gasteiger partial charge in [-0.05, 0) is 37.1 Å². The molecule has 0 amide bonds. The second kappa shape index (κ2) is 7.40. The SMILES string of the molecule is N#CC1(NC(OC(=O)c2ccc(C(=O)O)cc2)C(=O)c2ccccc2)CC1. The van der Waals surface area contributed by atoms with E-state index in [-0.39, 0.29) is 11.1 Å². The molecule has 2 N–H and O–H groups in total. The van der Waals surface area contributed by atoms with Crippen molar-refractivity contribution < 1.29 is 24.2 Å². The van der Waals surface area contributed by atoms with Gasteiger partial charge in [0.15, 0.2) is 0 Å². The Kier molecular flexibility index (Phi) is 5.01. The number of carbonyl (C=O) groups is 3. The first-order valence-corrected chi connectivity index (χ1v) is 8.27. The standard InChI is InChI=1S/C20H16N2O5/c21-12-20(10-11-20)22-17(16(23)13-4-2-1-3-5-13)27-19(26)15-8-6-14(7-9-15)18(24)25/h1-9,17,22H,10-11H2,(H,24,25). The summed E-state index contributed by atoms with van der Waals surface area (Å²) in [5.41, 5.74) is -0.391. The second-order valence-electron chi connectivity index (χ2n) is 6.24. The first kappa shape index (κ1) is 18.3. The molecule has 1 aliphatic carbocycles. The third-order valence-corrected chi connectivity index (χ3v) is 4.26. The van der Waals surface area contributed by atoms with Crippen LogP contribution in [0.3, 0.4) is 0 Å². The largest absolute Gasteiger partial charge is 0.478 e. The van der Waals surface area contributed by atoms with Gasteiger partial charge < -0.3 is 9.84 Å². The lowest BCUT2D eigenvalue weighted by Crippen LogP contribution is -2.47. The van der Waals surface area contributed by atoms with E-state index >= 15 is 0 Å². The number of Topliss-reactive ketones (excluding diaryl/α,β-unsaturated/α-hetero) is 1. The molecule has 7 nitrogen and oxygen atoms in total. The van der Waals surface area contributed by atoms with Gasteiger partial charge in [-0.3, -0.25) is 10.1 Å². The van der Waals surface area contributed by atoms with Crippen molar-refractivity contribution in [2.45, 2.75) is 24.6 Å². The number of nitriles is 1. The van der Waals surface area contributed by atoms with Crippen LogP contribution in [0.4, 0.5) is 0 Å². The summed E-state index contributed by atoms with van der Waals surface area (Å²) in [6.45, 7) is 0. The summed E-state index contributed by atoms with van der Waals surface area (Å²) in [7, 11) is 0. The Morgan fingerprint density at radius 3 is 2.11 bits per heavy atom. The highest BCUT2D eigenvalue weighted by Gasteiger charge is 2.47. The Balaban J connectivity index is 1.80. The van der Waals surface area contributed by atoms with Crippen molar-refractivity contribution in [2.24, 2.45) is 0 Å². The molecule has 136 valence electrons. The van der Waals surface area contributed by atoms with Crippen molar-refractivity contribution in [3.05, 3.63) is 71.3 Å². The zero-order valence-electron chi connectivity index (χ0n) is 14.2. The molecule has 2 aromatic rings. The molecule has 1 saturated carbocycles. The molecule has 1 atom stereocenters. The quantitative estimate of drug-likeness (QED) is 0.440. The molecular weight excluding hydrogens is 348 g/mol. The Hall–Kier alpha value is -3.50. The fraction of sp³-hybridized carbons (Fsp3) is 0.200. The van der Waals surface area contributed by atoms with E-state index in [1.807, 2.05) is 0 Å². The summed E-state index contributed by atoms with van der Waals surface area (Å²) >= 11 is 0. The van der Waals surface area contributed by atoms with Gasteiger partial charge in [0.1, 0.15) is 5.54 Å². The van der Waals surface area contributed by atoms with Crippen molar-refractivity contribution in [1.29, 1.82) is 5.26 Å². The minimum Gasteiger partial charge on any atom is -0.478 e. The summed E-state index contributed by atoms with van der Waals surface area (Å²) in [6.07, 6.45) is -0.193. The maximum atomic E-state index is 12.7. The van der Waals surface area contributed by atoms with Crippen LogP contribution in [0.5, 0.6) is 0 Å². The van der Waals surface area contributed by atoms with E-state index in [1.165, 1.54) is 24.3 Å². The Bertz CT molecular complexity index is 912. The smallest absolute Gasteiger partial charge is 0.340 e. The van der Waals surface area contributed by atoms with E-state index in [9.17, 15) is 19.6 Å². The monoisotopic (exact) mass is 364 g/mol. The van der Waals surface area contributed by atoms with E-state index in [0.717, 1.165) is 0 Å². The molecule has 27 heavy (non-hydrogen) atoms. The predicted octanol–water partition coefficient (Wildman–Crippen LogP) is 2.40. The van der Waals surface area contributed by atoms with Crippen LogP contribution in [0, 0.1) is 11.3 Å². The van der Waals surface area contributed by atoms with Gasteiger partial charge in [-0.25, -0.2) is 9.59 Å². The third kappa shape index (κ3) is 4.19. The summed E-state index contributed by atoms with van der Waals surface area (Å²) in [4.78, 5) is 36.1. The number of benzene rings is 2. The lowest BCUT2D eigenvalue weighted by Gasteiger charge is -2.21. The van der Waals surface area contributed by atoms with Gasteiger partial charge in [-0.1, -0.05) is 30.3 Å². The van der Waals surface area contributed by atoms with Crippen LogP contribution in [0.25, 0.3) is 0 Å². The molecule has 0 aliphatic heterocycles. The van der Waals surface area contributed by atoms with E-state index in [0.29, 0.717) is 18.4 Å². The third-order valence-electron chi connectivity index (χ3n) is 4.26. The van der Waals surface area contributed by atoms with Crippen LogP contribution < -0.4 is 5.32 Å². The number of hydrogen-bond donors (Lipinski definition) is 2. The zero-order chi connectivity index (χ0) is 19.4. The maximum Gasteiger partial charge on any atom is 0.340 e. The number of esters is 1. The molecule has 0 bridgehead atoms. The molecule has 0 heterocycles. The number of carboxylic acid groups (broad SMARTS) is 1. The number of nitrogens with one attached hydrogen (secondary N) is 1. The lowest BCUT2D eigenvalue weighted by molar-refractivity contribution is 0.0191. The van der Waals surface area contributed by atoms with E-state index in [4.69, 9.17) is 9.84 Å². The highest BCUT2D eigenvalue weighted by Crippen LogP contribution is 2.35. The molecule has 0 aromatic heterocycles. The van der Waals surface area contributed by atoms with E-state index in [2.05, 4.69) is 11.4 Å². The van der Waals surface area contributed by atoms with Crippen molar-refractivity contribution in [3.8, 4) is 6.07 Å². The molecule has 0 saturated heterocycles. The number of carboxylic acids is 1. The van der Waals surface area contributed by atoms with Crippen LogP contribution in [0.1, 0.15) is 43.9 Å². The number of hydrogen-bond acceptors (Lipinski definition) is 6. The van der Waals surface area contributed by atoms with Crippen LogP contribution >= 0.6 is 0 Å². The van der Waals surface area contributed by atoms with Crippen LogP contribution in [0.2, 0.25) is 0 Å². The first-order chi connectivity index (χ1) is 12.9. The highest BCUT2D eigenvalue weighted by atomic mass is 16.6. The lowest BCUT2D eigenvalue weighted by atomic mass is 10.1. The molecule has 2 aromatic carbocycles. The molecule has 1 unspecified atom stereocenters. The normalized spacial score (nSPS) is 15.2. The molecule has 3 rings (SSSR count). The average Bonchev–Trinajstić information content (AvgIpc) is 3.47. The summed E-state index contributed by atoms with van der Waals surface area (Å²) in [5, 5.41) is 21.0. The van der Waals surface area contributed by atoms with Crippen molar-refractivity contribution >= 4 is 17.7 Å². The Morgan fingerprint density at radius 2 is 1.59 bits per heavy atom. The van der Waals surface area contributed by atoms with Crippen molar-refractivity contribution in [3.63, 3.8) is 0 Å². The predicted molar refractivity (Wildman–Crippen MR) is 94.1 cm³/mol. The van der Waals surface area contributed by atoms with Crippen LogP contribution in [0.15, 0.2) is 54.6 Å². The number of nitrogens with zero attached hydrogens (tertiary/aromatic N) is 1. The molecule has 0 radical (unpaired) electrons. The summed E-state index contributed by atoms with van der Waals surface area (Å²) in [5.74, 6) is -2.37. The van der Waals surface area contributed by atoms with Gasteiger partial charge in [0.25, 0.3) is 0 Å². The molecular formula is C20H16N2O5. The Labute approximate surface area is 155 Å². The Morgan fingerprint density at radius 1 is 1.00 bits per heavy atom. The second-order valence-corrected chi connectivity index (χ2v) is 6.24. The van der Waals surface area contributed by atoms with Crippen molar-refractivity contribution in [1.82, 2.24) is 5.32 Å². The van der Waals surface area contributed by atoms with Gasteiger partial charge in [0.2, 0.25) is 12.0 Å². The van der Waals surface area contributed by atoms with Gasteiger partial charge in [0, 0.05) is 5.56 Å². The van der Waals surface area contributed by atoms with Gasteiger partial charge in [0.05, 0.1) is 17.2 Å². The average molecular weight is 364 g/mol. The first-order valence-electron chi connectivity index (χ1n) is 8.27. The topological polar surface area (TPSA) is 116 Å². The van der Waals surface area contributed by atoms with Crippen LogP contribution in [-0.4, -0.2) is 34.6 Å². The number of aromatic carboxylic acids is 1. The van der Waals surface area contributed by atoms with E-state index < -0.39 is 29.5 Å². The summed E-state index contributed by atoms with van der Waals surface area (Å²) in [6, 6.07) is 15.6. The molecule has 1 aliphatic rings. The van der Waals surface area contributed by atoms with Gasteiger partial charge >= 0.3 is 11.9 Å². The molecule has 0 spiro atoms. The zero-order valence-corrected chi connectivity index (χ0v) is 14.2. The molecule has 1 fully saturated rings. The number of ether oxygens (including phenoxy) is 1. The number of ketones is 1. The fourth-order valence-corrected chi connectivity index (χ4v) is 2.49. The summed E-state index contributed by atoms with van der Waals surface area (Å²) < 4.78 is 5.33.